The van der Waals surface area contributed by atoms with E-state index in [4.69, 9.17) is 0 Å². The van der Waals surface area contributed by atoms with Gasteiger partial charge < -0.3 is 5.11 Å². The Hall–Kier alpha value is -0.470. The van der Waals surface area contributed by atoms with Crippen LogP contribution in [0, 0.1) is 5.92 Å². The van der Waals surface area contributed by atoms with Gasteiger partial charge in [0.25, 0.3) is 0 Å². The fraction of sp³-hybridized carbons (Fsp3) is 0.571. The lowest BCUT2D eigenvalue weighted by Crippen LogP contribution is -2.11. The summed E-state index contributed by atoms with van der Waals surface area (Å²) in [6, 6.07) is 8.71. The molecular weight excluding hydrogens is 216 g/mol. The highest BCUT2D eigenvalue weighted by Crippen LogP contribution is 2.42. The van der Waals surface area contributed by atoms with Gasteiger partial charge in [0, 0.05) is 17.3 Å². The first-order chi connectivity index (χ1) is 7.85. The van der Waals surface area contributed by atoms with Crippen molar-refractivity contribution in [1.82, 2.24) is 0 Å². The van der Waals surface area contributed by atoms with E-state index >= 15 is 0 Å². The summed E-state index contributed by atoms with van der Waals surface area (Å²) in [7, 11) is 0. The van der Waals surface area contributed by atoms with Crippen LogP contribution in [0.25, 0.3) is 0 Å². The van der Waals surface area contributed by atoms with E-state index in [1.54, 1.807) is 0 Å². The van der Waals surface area contributed by atoms with Gasteiger partial charge in [-0.15, -0.1) is 11.8 Å². The number of rotatable bonds is 5. The molecule has 1 N–H and O–H groups in total. The van der Waals surface area contributed by atoms with Crippen molar-refractivity contribution in [2.45, 2.75) is 37.0 Å². The van der Waals surface area contributed by atoms with E-state index in [1.807, 2.05) is 11.8 Å². The molecule has 1 aliphatic heterocycles. The zero-order valence-electron chi connectivity index (χ0n) is 9.86. The van der Waals surface area contributed by atoms with Crippen LogP contribution in [0.5, 0.6) is 0 Å². The number of aliphatic hydroxyl groups is 1. The van der Waals surface area contributed by atoms with E-state index in [0.717, 1.165) is 12.8 Å². The van der Waals surface area contributed by atoms with Crippen LogP contribution in [-0.2, 0) is 0 Å². The highest BCUT2D eigenvalue weighted by atomic mass is 32.2. The predicted molar refractivity (Wildman–Crippen MR) is 70.0 cm³/mol. The van der Waals surface area contributed by atoms with Crippen LogP contribution < -0.4 is 0 Å². The molecule has 0 radical (unpaired) electrons. The van der Waals surface area contributed by atoms with Crippen molar-refractivity contribution in [3.8, 4) is 0 Å². The highest BCUT2D eigenvalue weighted by Gasteiger charge is 2.24. The van der Waals surface area contributed by atoms with E-state index < -0.39 is 0 Å². The molecule has 16 heavy (non-hydrogen) atoms. The molecule has 0 aromatic heterocycles. The maximum absolute atomic E-state index is 9.36. The average Bonchev–Trinajstić information content (AvgIpc) is 2.72. The molecule has 0 saturated carbocycles. The summed E-state index contributed by atoms with van der Waals surface area (Å²) in [5, 5.41) is 9.36. The molecule has 1 nitrogen and oxygen atoms in total. The Morgan fingerprint density at radius 1 is 1.44 bits per heavy atom. The molecule has 2 heteroatoms. The molecule has 0 fully saturated rings. The molecule has 2 unspecified atom stereocenters. The molecule has 0 spiro atoms. The molecule has 0 aliphatic carbocycles. The molecule has 2 rings (SSSR count). The summed E-state index contributed by atoms with van der Waals surface area (Å²) in [4.78, 5) is 1.45. The Morgan fingerprint density at radius 2 is 2.25 bits per heavy atom. The van der Waals surface area contributed by atoms with E-state index in [-0.39, 0.29) is 0 Å². The summed E-state index contributed by atoms with van der Waals surface area (Å²) >= 11 is 1.96. The standard InChI is InChI=1S/C14H20OS/c1-2-5-11(9-15)8-12-10-16-14-7-4-3-6-13(12)14/h3-4,6-7,11-12,15H,2,5,8-10H2,1H3. The van der Waals surface area contributed by atoms with Gasteiger partial charge in [0.2, 0.25) is 0 Å². The normalized spacial score (nSPS) is 20.8. The zero-order valence-corrected chi connectivity index (χ0v) is 10.7. The van der Waals surface area contributed by atoms with Crippen molar-refractivity contribution >= 4 is 11.8 Å². The first-order valence-corrected chi connectivity index (χ1v) is 7.16. The lowest BCUT2D eigenvalue weighted by atomic mass is 9.88. The number of aliphatic hydroxyl groups excluding tert-OH is 1. The second-order valence-electron chi connectivity index (χ2n) is 4.62. The van der Waals surface area contributed by atoms with Gasteiger partial charge in [-0.2, -0.15) is 0 Å². The topological polar surface area (TPSA) is 20.2 Å². The van der Waals surface area contributed by atoms with E-state index in [2.05, 4.69) is 31.2 Å². The largest absolute Gasteiger partial charge is 0.396 e. The van der Waals surface area contributed by atoms with Crippen molar-refractivity contribution in [2.24, 2.45) is 5.92 Å². The Labute approximate surface area is 102 Å². The van der Waals surface area contributed by atoms with E-state index in [1.165, 1.54) is 22.6 Å². The molecule has 88 valence electrons. The summed E-state index contributed by atoms with van der Waals surface area (Å²) in [5.41, 5.74) is 1.50. The van der Waals surface area contributed by atoms with Crippen LogP contribution in [0.15, 0.2) is 29.2 Å². The van der Waals surface area contributed by atoms with Crippen LogP contribution in [0.4, 0.5) is 0 Å². The third-order valence-electron chi connectivity index (χ3n) is 3.37. The molecule has 2 atom stereocenters. The lowest BCUT2D eigenvalue weighted by molar-refractivity contribution is 0.204. The SMILES string of the molecule is CCCC(CO)CC1CSc2ccccc21. The van der Waals surface area contributed by atoms with Gasteiger partial charge >= 0.3 is 0 Å². The van der Waals surface area contributed by atoms with E-state index in [0.29, 0.717) is 18.4 Å². The van der Waals surface area contributed by atoms with Crippen LogP contribution in [0.3, 0.4) is 0 Å². The fourth-order valence-electron chi connectivity index (χ4n) is 2.52. The third-order valence-corrected chi connectivity index (χ3v) is 4.62. The summed E-state index contributed by atoms with van der Waals surface area (Å²) < 4.78 is 0. The number of benzene rings is 1. The molecule has 1 aliphatic rings. The second-order valence-corrected chi connectivity index (χ2v) is 5.68. The van der Waals surface area contributed by atoms with Crippen molar-refractivity contribution in [2.75, 3.05) is 12.4 Å². The van der Waals surface area contributed by atoms with Crippen molar-refractivity contribution in [3.05, 3.63) is 29.8 Å². The number of fused-ring (bicyclic) bond motifs is 1. The minimum atomic E-state index is 0.344. The Bertz CT molecular complexity index is 337. The maximum atomic E-state index is 9.36. The maximum Gasteiger partial charge on any atom is 0.0459 e. The minimum absolute atomic E-state index is 0.344. The first kappa shape index (κ1) is 12.0. The van der Waals surface area contributed by atoms with Crippen LogP contribution in [-0.4, -0.2) is 17.5 Å². The molecule has 1 aromatic carbocycles. The van der Waals surface area contributed by atoms with Crippen molar-refractivity contribution in [3.63, 3.8) is 0 Å². The quantitative estimate of drug-likeness (QED) is 0.841. The molecule has 0 saturated heterocycles. The number of hydrogen-bond acceptors (Lipinski definition) is 2. The summed E-state index contributed by atoms with van der Waals surface area (Å²) in [5.74, 6) is 2.34. The Balaban J connectivity index is 2.02. The van der Waals surface area contributed by atoms with Gasteiger partial charge in [-0.1, -0.05) is 31.5 Å². The highest BCUT2D eigenvalue weighted by molar-refractivity contribution is 7.99. The Morgan fingerprint density at radius 3 is 3.00 bits per heavy atom. The molecule has 0 bridgehead atoms. The monoisotopic (exact) mass is 236 g/mol. The predicted octanol–water partition coefficient (Wildman–Crippen LogP) is 3.67. The van der Waals surface area contributed by atoms with Crippen LogP contribution in [0.1, 0.15) is 37.7 Å². The van der Waals surface area contributed by atoms with Gasteiger partial charge in [0.15, 0.2) is 0 Å². The van der Waals surface area contributed by atoms with Gasteiger partial charge in [-0.3, -0.25) is 0 Å². The van der Waals surface area contributed by atoms with Gasteiger partial charge in [-0.25, -0.2) is 0 Å². The lowest BCUT2D eigenvalue weighted by Gasteiger charge is -2.18. The number of thioether (sulfide) groups is 1. The molecule has 1 heterocycles. The van der Waals surface area contributed by atoms with E-state index in [9.17, 15) is 5.11 Å². The second kappa shape index (κ2) is 5.74. The Kier molecular flexibility index (Phi) is 4.30. The van der Waals surface area contributed by atoms with Crippen molar-refractivity contribution < 1.29 is 5.11 Å². The van der Waals surface area contributed by atoms with Crippen molar-refractivity contribution in [1.29, 1.82) is 0 Å². The third kappa shape index (κ3) is 2.61. The zero-order chi connectivity index (χ0) is 11.4. The van der Waals surface area contributed by atoms with Gasteiger partial charge in [0.05, 0.1) is 0 Å². The van der Waals surface area contributed by atoms with Crippen LogP contribution in [0.2, 0.25) is 0 Å². The number of hydrogen-bond donors (Lipinski definition) is 1. The summed E-state index contributed by atoms with van der Waals surface area (Å²) in [6.07, 6.45) is 3.47. The average molecular weight is 236 g/mol. The van der Waals surface area contributed by atoms with Gasteiger partial charge in [0.1, 0.15) is 0 Å². The minimum Gasteiger partial charge on any atom is -0.396 e. The molecule has 0 amide bonds. The molecule has 1 aromatic rings. The smallest absolute Gasteiger partial charge is 0.0459 e. The molecular formula is C14H20OS. The summed E-state index contributed by atoms with van der Waals surface area (Å²) in [6.45, 7) is 2.54. The fourth-order valence-corrected chi connectivity index (χ4v) is 3.79. The van der Waals surface area contributed by atoms with Gasteiger partial charge in [-0.05, 0) is 36.3 Å². The first-order valence-electron chi connectivity index (χ1n) is 6.17. The van der Waals surface area contributed by atoms with Crippen LogP contribution >= 0.6 is 11.8 Å².